The SMILES string of the molecule is CC(C)C1=C(C(C)C)[C@@]2(CCN(C(C)C)[C@H]3CC[C@H]32)C[C@H]1C. The van der Waals surface area contributed by atoms with Crippen LogP contribution in [-0.4, -0.2) is 23.5 Å². The van der Waals surface area contributed by atoms with Crippen molar-refractivity contribution in [3.8, 4) is 0 Å². The first-order valence-corrected chi connectivity index (χ1v) is 9.79. The summed E-state index contributed by atoms with van der Waals surface area (Å²) in [5.41, 5.74) is 4.29. The average molecular weight is 304 g/mol. The molecular formula is C21H37N. The highest BCUT2D eigenvalue weighted by atomic mass is 15.2. The van der Waals surface area contributed by atoms with Crippen molar-refractivity contribution in [3.05, 3.63) is 11.1 Å². The zero-order valence-electron chi connectivity index (χ0n) is 15.9. The van der Waals surface area contributed by atoms with Gasteiger partial charge in [-0.2, -0.15) is 0 Å². The van der Waals surface area contributed by atoms with Crippen LogP contribution in [0.5, 0.6) is 0 Å². The van der Waals surface area contributed by atoms with Crippen LogP contribution < -0.4 is 0 Å². The summed E-state index contributed by atoms with van der Waals surface area (Å²) in [6.07, 6.45) is 5.78. The van der Waals surface area contributed by atoms with Gasteiger partial charge in [-0.15, -0.1) is 0 Å². The summed E-state index contributed by atoms with van der Waals surface area (Å²) in [5.74, 6) is 3.21. The topological polar surface area (TPSA) is 3.24 Å². The van der Waals surface area contributed by atoms with Crippen LogP contribution in [0.3, 0.4) is 0 Å². The highest BCUT2D eigenvalue weighted by Gasteiger charge is 2.58. The highest BCUT2D eigenvalue weighted by molar-refractivity contribution is 5.36. The lowest BCUT2D eigenvalue weighted by molar-refractivity contribution is -0.0790. The highest BCUT2D eigenvalue weighted by Crippen LogP contribution is 2.64. The van der Waals surface area contributed by atoms with E-state index < -0.39 is 0 Å². The molecule has 4 atom stereocenters. The zero-order chi connectivity index (χ0) is 16.2. The van der Waals surface area contributed by atoms with Gasteiger partial charge in [-0.3, -0.25) is 4.90 Å². The summed E-state index contributed by atoms with van der Waals surface area (Å²) >= 11 is 0. The first-order chi connectivity index (χ1) is 10.3. The predicted molar refractivity (Wildman–Crippen MR) is 95.9 cm³/mol. The monoisotopic (exact) mass is 303 g/mol. The second-order valence-corrected chi connectivity index (χ2v) is 9.27. The minimum Gasteiger partial charge on any atom is -0.298 e. The second kappa shape index (κ2) is 5.65. The van der Waals surface area contributed by atoms with E-state index in [4.69, 9.17) is 0 Å². The third-order valence-corrected chi connectivity index (χ3v) is 7.10. The third kappa shape index (κ3) is 2.22. The van der Waals surface area contributed by atoms with E-state index in [2.05, 4.69) is 53.4 Å². The van der Waals surface area contributed by atoms with E-state index in [0.29, 0.717) is 5.41 Å². The number of rotatable bonds is 3. The van der Waals surface area contributed by atoms with Gasteiger partial charge in [0.2, 0.25) is 0 Å². The van der Waals surface area contributed by atoms with Gasteiger partial charge in [-0.05, 0) is 75.2 Å². The molecule has 1 spiro atoms. The molecule has 1 aliphatic heterocycles. The van der Waals surface area contributed by atoms with Crippen LogP contribution in [0.4, 0.5) is 0 Å². The molecule has 0 unspecified atom stereocenters. The van der Waals surface area contributed by atoms with Crippen molar-refractivity contribution < 1.29 is 0 Å². The molecule has 0 aromatic heterocycles. The molecule has 1 nitrogen and oxygen atoms in total. The van der Waals surface area contributed by atoms with E-state index in [-0.39, 0.29) is 0 Å². The Bertz CT molecular complexity index is 459. The quantitative estimate of drug-likeness (QED) is 0.621. The molecular weight excluding hydrogens is 266 g/mol. The Morgan fingerprint density at radius 3 is 2.14 bits per heavy atom. The number of hydrogen-bond acceptors (Lipinski definition) is 1. The molecule has 2 fully saturated rings. The summed E-state index contributed by atoms with van der Waals surface area (Å²) in [4.78, 5) is 2.81. The van der Waals surface area contributed by atoms with Crippen molar-refractivity contribution in [2.75, 3.05) is 6.54 Å². The lowest BCUT2D eigenvalue weighted by Gasteiger charge is -2.60. The number of nitrogens with zero attached hydrogens (tertiary/aromatic N) is 1. The maximum atomic E-state index is 2.81. The van der Waals surface area contributed by atoms with Gasteiger partial charge in [0.1, 0.15) is 0 Å². The van der Waals surface area contributed by atoms with Crippen molar-refractivity contribution >= 4 is 0 Å². The van der Waals surface area contributed by atoms with Crippen molar-refractivity contribution in [3.63, 3.8) is 0 Å². The van der Waals surface area contributed by atoms with Gasteiger partial charge in [-0.25, -0.2) is 0 Å². The Labute approximate surface area is 138 Å². The Morgan fingerprint density at radius 1 is 1.00 bits per heavy atom. The summed E-state index contributed by atoms with van der Waals surface area (Å²) < 4.78 is 0. The minimum absolute atomic E-state index is 0.557. The van der Waals surface area contributed by atoms with E-state index in [1.54, 1.807) is 0 Å². The van der Waals surface area contributed by atoms with Crippen LogP contribution in [0, 0.1) is 29.1 Å². The van der Waals surface area contributed by atoms with Gasteiger partial charge < -0.3 is 0 Å². The number of likely N-dealkylation sites (tertiary alicyclic amines) is 1. The lowest BCUT2D eigenvalue weighted by atomic mass is 9.53. The molecule has 22 heavy (non-hydrogen) atoms. The van der Waals surface area contributed by atoms with Gasteiger partial charge in [0.15, 0.2) is 0 Å². The fourth-order valence-electron chi connectivity index (χ4n) is 6.54. The number of hydrogen-bond donors (Lipinski definition) is 0. The summed E-state index contributed by atoms with van der Waals surface area (Å²) in [6, 6.07) is 1.60. The van der Waals surface area contributed by atoms with Crippen molar-refractivity contribution in [2.45, 2.75) is 86.2 Å². The maximum absolute atomic E-state index is 2.81. The Morgan fingerprint density at radius 2 is 1.68 bits per heavy atom. The van der Waals surface area contributed by atoms with E-state index in [9.17, 15) is 0 Å². The molecule has 2 aliphatic carbocycles. The smallest absolute Gasteiger partial charge is 0.0135 e. The first kappa shape index (κ1) is 16.6. The molecule has 0 aromatic rings. The fraction of sp³-hybridized carbons (Fsp3) is 0.905. The first-order valence-electron chi connectivity index (χ1n) is 9.79. The van der Waals surface area contributed by atoms with Crippen LogP contribution in [0.25, 0.3) is 0 Å². The van der Waals surface area contributed by atoms with E-state index in [1.807, 2.05) is 11.1 Å². The van der Waals surface area contributed by atoms with Gasteiger partial charge in [-0.1, -0.05) is 45.8 Å². The van der Waals surface area contributed by atoms with Crippen LogP contribution in [0.1, 0.15) is 74.1 Å². The van der Waals surface area contributed by atoms with Crippen molar-refractivity contribution in [1.82, 2.24) is 4.90 Å². The summed E-state index contributed by atoms with van der Waals surface area (Å²) in [5, 5.41) is 0. The fourth-order valence-corrected chi connectivity index (χ4v) is 6.54. The Balaban J connectivity index is 2.00. The molecule has 126 valence electrons. The average Bonchev–Trinajstić information content (AvgIpc) is 2.64. The molecule has 0 aromatic carbocycles. The van der Waals surface area contributed by atoms with Crippen molar-refractivity contribution in [1.29, 1.82) is 0 Å². The molecule has 1 saturated carbocycles. The van der Waals surface area contributed by atoms with E-state index in [1.165, 1.54) is 32.2 Å². The molecule has 1 heterocycles. The number of fused-ring (bicyclic) bond motifs is 2. The summed E-state index contributed by atoms with van der Waals surface area (Å²) in [6.45, 7) is 18.4. The molecule has 0 bridgehead atoms. The minimum atomic E-state index is 0.557. The number of piperidine rings is 1. The standard InChI is InChI=1S/C21H37N/c1-13(2)19-16(7)12-21(20(19)14(3)4)10-11-22(15(5)6)18-9-8-17(18)21/h13-18H,8-12H2,1-7H3/t16-,17-,18+,21+/m1/s1. The van der Waals surface area contributed by atoms with Gasteiger partial charge in [0.05, 0.1) is 0 Å². The molecule has 3 aliphatic rings. The number of allylic oxidation sites excluding steroid dienone is 2. The molecule has 0 radical (unpaired) electrons. The van der Waals surface area contributed by atoms with Crippen molar-refractivity contribution in [2.24, 2.45) is 29.1 Å². The summed E-state index contributed by atoms with van der Waals surface area (Å²) in [7, 11) is 0. The molecule has 1 saturated heterocycles. The lowest BCUT2D eigenvalue weighted by Crippen LogP contribution is -2.61. The Kier molecular flexibility index (Phi) is 4.25. The van der Waals surface area contributed by atoms with E-state index >= 15 is 0 Å². The molecule has 0 N–H and O–H groups in total. The predicted octanol–water partition coefficient (Wildman–Crippen LogP) is 5.51. The Hall–Kier alpha value is -0.300. The molecule has 0 amide bonds. The van der Waals surface area contributed by atoms with Gasteiger partial charge in [0, 0.05) is 12.1 Å². The van der Waals surface area contributed by atoms with Crippen LogP contribution in [0.15, 0.2) is 11.1 Å². The second-order valence-electron chi connectivity index (χ2n) is 9.27. The van der Waals surface area contributed by atoms with Crippen LogP contribution in [0.2, 0.25) is 0 Å². The third-order valence-electron chi connectivity index (χ3n) is 7.10. The maximum Gasteiger partial charge on any atom is 0.0135 e. The zero-order valence-corrected chi connectivity index (χ0v) is 15.9. The van der Waals surface area contributed by atoms with Crippen LogP contribution in [-0.2, 0) is 0 Å². The van der Waals surface area contributed by atoms with Crippen LogP contribution >= 0.6 is 0 Å². The van der Waals surface area contributed by atoms with Gasteiger partial charge >= 0.3 is 0 Å². The van der Waals surface area contributed by atoms with Gasteiger partial charge in [0.25, 0.3) is 0 Å². The molecule has 3 rings (SSSR count). The normalized spacial score (nSPS) is 39.3. The molecule has 1 heteroatoms. The van der Waals surface area contributed by atoms with E-state index in [0.717, 1.165) is 35.8 Å². The largest absolute Gasteiger partial charge is 0.298 e.